The lowest BCUT2D eigenvalue weighted by molar-refractivity contribution is -0.122. The third-order valence-corrected chi connectivity index (χ3v) is 3.74. The molecule has 2 N–H and O–H groups in total. The Kier molecular flexibility index (Phi) is 5.09. The predicted octanol–water partition coefficient (Wildman–Crippen LogP) is 1.17. The Morgan fingerprint density at radius 1 is 1.55 bits per heavy atom. The van der Waals surface area contributed by atoms with Gasteiger partial charge in [0, 0.05) is 20.2 Å². The zero-order valence-corrected chi connectivity index (χ0v) is 11.9. The molecular formula is C15H21FN2O2. The highest BCUT2D eigenvalue weighted by Crippen LogP contribution is 2.11. The minimum Gasteiger partial charge on any atom is -0.380 e. The topological polar surface area (TPSA) is 50.4 Å². The Bertz CT molecular complexity index is 479. The molecule has 1 aliphatic rings. The summed E-state index contributed by atoms with van der Waals surface area (Å²) in [6.07, 6.45) is 1.53. The van der Waals surface area contributed by atoms with Crippen LogP contribution in [0.15, 0.2) is 18.2 Å². The van der Waals surface area contributed by atoms with E-state index in [1.807, 2.05) is 6.92 Å². The van der Waals surface area contributed by atoms with E-state index in [1.165, 1.54) is 12.1 Å². The lowest BCUT2D eigenvalue weighted by atomic mass is 10.1. The Hall–Kier alpha value is -1.46. The number of rotatable bonds is 5. The van der Waals surface area contributed by atoms with E-state index in [1.54, 1.807) is 13.2 Å². The second-order valence-corrected chi connectivity index (χ2v) is 5.17. The van der Waals surface area contributed by atoms with E-state index in [9.17, 15) is 9.18 Å². The standard InChI is InChI=1S/C15H21FN2O2/c1-10-7-12(16)4-3-11(10)5-6-17-15(19)14-8-13(20-2)9-18-14/h3-4,7,13-14,18H,5-6,8-9H2,1-2H3,(H,17,19). The fourth-order valence-corrected chi connectivity index (χ4v) is 2.47. The number of carbonyl (C=O) groups excluding carboxylic acids is 1. The molecule has 1 aliphatic heterocycles. The fraction of sp³-hybridized carbons (Fsp3) is 0.533. The molecule has 0 aliphatic carbocycles. The number of methoxy groups -OCH3 is 1. The first-order chi connectivity index (χ1) is 9.60. The van der Waals surface area contributed by atoms with Gasteiger partial charge in [-0.05, 0) is 43.0 Å². The van der Waals surface area contributed by atoms with Crippen molar-refractivity contribution in [2.75, 3.05) is 20.2 Å². The van der Waals surface area contributed by atoms with Crippen LogP contribution in [-0.2, 0) is 16.0 Å². The molecule has 5 heteroatoms. The average molecular weight is 280 g/mol. The molecule has 0 aromatic heterocycles. The van der Waals surface area contributed by atoms with Crippen molar-refractivity contribution in [2.45, 2.75) is 31.9 Å². The lowest BCUT2D eigenvalue weighted by Gasteiger charge is -2.12. The number of ether oxygens (including phenoxy) is 1. The van der Waals surface area contributed by atoms with Crippen molar-refractivity contribution in [2.24, 2.45) is 0 Å². The maximum atomic E-state index is 13.0. The van der Waals surface area contributed by atoms with Gasteiger partial charge in [-0.1, -0.05) is 6.07 Å². The first-order valence-corrected chi connectivity index (χ1v) is 6.89. The highest BCUT2D eigenvalue weighted by molar-refractivity contribution is 5.82. The summed E-state index contributed by atoms with van der Waals surface area (Å²) in [4.78, 5) is 11.9. The zero-order valence-electron chi connectivity index (χ0n) is 11.9. The largest absolute Gasteiger partial charge is 0.380 e. The normalized spacial score (nSPS) is 21.9. The van der Waals surface area contributed by atoms with Crippen molar-refractivity contribution in [3.8, 4) is 0 Å². The number of hydrogen-bond acceptors (Lipinski definition) is 3. The molecule has 1 amide bonds. The molecule has 2 atom stereocenters. The lowest BCUT2D eigenvalue weighted by Crippen LogP contribution is -2.41. The molecule has 110 valence electrons. The van der Waals surface area contributed by atoms with Gasteiger partial charge in [0.15, 0.2) is 0 Å². The van der Waals surface area contributed by atoms with Crippen LogP contribution in [0.3, 0.4) is 0 Å². The van der Waals surface area contributed by atoms with E-state index >= 15 is 0 Å². The van der Waals surface area contributed by atoms with Crippen LogP contribution < -0.4 is 10.6 Å². The molecule has 2 unspecified atom stereocenters. The second-order valence-electron chi connectivity index (χ2n) is 5.17. The van der Waals surface area contributed by atoms with Crippen LogP contribution in [0.5, 0.6) is 0 Å². The molecule has 1 aromatic rings. The van der Waals surface area contributed by atoms with Crippen molar-refractivity contribution in [1.29, 1.82) is 0 Å². The van der Waals surface area contributed by atoms with E-state index in [0.717, 1.165) is 11.1 Å². The Balaban J connectivity index is 1.77. The SMILES string of the molecule is COC1CNC(C(=O)NCCc2ccc(F)cc2C)C1. The molecule has 4 nitrogen and oxygen atoms in total. The summed E-state index contributed by atoms with van der Waals surface area (Å²) in [7, 11) is 1.66. The summed E-state index contributed by atoms with van der Waals surface area (Å²) >= 11 is 0. The number of carbonyl (C=O) groups is 1. The number of benzene rings is 1. The van der Waals surface area contributed by atoms with Crippen molar-refractivity contribution < 1.29 is 13.9 Å². The first-order valence-electron chi connectivity index (χ1n) is 6.89. The Morgan fingerprint density at radius 3 is 3.00 bits per heavy atom. The Morgan fingerprint density at radius 2 is 2.35 bits per heavy atom. The van der Waals surface area contributed by atoms with Crippen molar-refractivity contribution in [3.63, 3.8) is 0 Å². The van der Waals surface area contributed by atoms with Crippen molar-refractivity contribution in [1.82, 2.24) is 10.6 Å². The molecule has 20 heavy (non-hydrogen) atoms. The van der Waals surface area contributed by atoms with Gasteiger partial charge in [-0.15, -0.1) is 0 Å². The summed E-state index contributed by atoms with van der Waals surface area (Å²) in [6.45, 7) is 3.15. The summed E-state index contributed by atoms with van der Waals surface area (Å²) in [5, 5.41) is 6.05. The average Bonchev–Trinajstić information content (AvgIpc) is 2.90. The number of amides is 1. The van der Waals surface area contributed by atoms with E-state index in [-0.39, 0.29) is 23.9 Å². The van der Waals surface area contributed by atoms with E-state index < -0.39 is 0 Å². The minimum absolute atomic E-state index is 0.00400. The van der Waals surface area contributed by atoms with Crippen LogP contribution in [0.25, 0.3) is 0 Å². The van der Waals surface area contributed by atoms with Gasteiger partial charge in [0.05, 0.1) is 12.1 Å². The number of nitrogens with one attached hydrogen (secondary N) is 2. The summed E-state index contributed by atoms with van der Waals surface area (Å²) in [6, 6.07) is 4.56. The van der Waals surface area contributed by atoms with E-state index in [0.29, 0.717) is 25.9 Å². The number of hydrogen-bond donors (Lipinski definition) is 2. The quantitative estimate of drug-likeness (QED) is 0.851. The van der Waals surface area contributed by atoms with Gasteiger partial charge in [0.2, 0.25) is 5.91 Å². The van der Waals surface area contributed by atoms with Gasteiger partial charge in [-0.2, -0.15) is 0 Å². The second kappa shape index (κ2) is 6.81. The van der Waals surface area contributed by atoms with Gasteiger partial charge in [-0.3, -0.25) is 4.79 Å². The van der Waals surface area contributed by atoms with Gasteiger partial charge >= 0.3 is 0 Å². The molecule has 2 rings (SSSR count). The molecule has 1 aromatic carbocycles. The summed E-state index contributed by atoms with van der Waals surface area (Å²) in [5.41, 5.74) is 1.97. The fourth-order valence-electron chi connectivity index (χ4n) is 2.47. The first kappa shape index (κ1) is 14.9. The summed E-state index contributed by atoms with van der Waals surface area (Å²) < 4.78 is 18.2. The van der Waals surface area contributed by atoms with Crippen molar-refractivity contribution in [3.05, 3.63) is 35.1 Å². The summed E-state index contributed by atoms with van der Waals surface area (Å²) in [5.74, 6) is -0.222. The van der Waals surface area contributed by atoms with Crippen LogP contribution in [0.4, 0.5) is 4.39 Å². The Labute approximate surface area is 118 Å². The molecule has 1 saturated heterocycles. The van der Waals surface area contributed by atoms with Crippen molar-refractivity contribution >= 4 is 5.91 Å². The molecule has 0 bridgehead atoms. The van der Waals surface area contributed by atoms with Crippen LogP contribution >= 0.6 is 0 Å². The van der Waals surface area contributed by atoms with E-state index in [2.05, 4.69) is 10.6 Å². The van der Waals surface area contributed by atoms with Gasteiger partial charge in [-0.25, -0.2) is 4.39 Å². The van der Waals surface area contributed by atoms with Crippen LogP contribution in [0.2, 0.25) is 0 Å². The predicted molar refractivity (Wildman–Crippen MR) is 75.1 cm³/mol. The molecular weight excluding hydrogens is 259 g/mol. The van der Waals surface area contributed by atoms with Gasteiger partial charge in [0.1, 0.15) is 5.82 Å². The van der Waals surface area contributed by atoms with Gasteiger partial charge < -0.3 is 15.4 Å². The monoisotopic (exact) mass is 280 g/mol. The van der Waals surface area contributed by atoms with Gasteiger partial charge in [0.25, 0.3) is 0 Å². The smallest absolute Gasteiger partial charge is 0.237 e. The minimum atomic E-state index is -0.226. The number of halogens is 1. The zero-order chi connectivity index (χ0) is 14.5. The molecule has 0 saturated carbocycles. The third kappa shape index (κ3) is 3.77. The van der Waals surface area contributed by atoms with Crippen LogP contribution in [-0.4, -0.2) is 38.3 Å². The maximum absolute atomic E-state index is 13.0. The third-order valence-electron chi connectivity index (χ3n) is 3.74. The highest BCUT2D eigenvalue weighted by Gasteiger charge is 2.28. The van der Waals surface area contributed by atoms with Crippen LogP contribution in [0.1, 0.15) is 17.5 Å². The maximum Gasteiger partial charge on any atom is 0.237 e. The highest BCUT2D eigenvalue weighted by atomic mass is 19.1. The number of aryl methyl sites for hydroxylation is 1. The molecule has 1 fully saturated rings. The van der Waals surface area contributed by atoms with E-state index in [4.69, 9.17) is 4.74 Å². The molecule has 1 heterocycles. The van der Waals surface area contributed by atoms with Crippen LogP contribution in [0, 0.1) is 12.7 Å². The molecule has 0 radical (unpaired) electrons. The molecule has 0 spiro atoms.